The Labute approximate surface area is 152 Å². The molecule has 0 heterocycles. The number of hydrogen-bond donors (Lipinski definition) is 3. The second kappa shape index (κ2) is 7.87. The predicted molar refractivity (Wildman–Crippen MR) is 99.6 cm³/mol. The number of nitrogens with zero attached hydrogens (tertiary/aromatic N) is 2. The van der Waals surface area contributed by atoms with Crippen molar-refractivity contribution in [2.75, 3.05) is 10.9 Å². The topological polar surface area (TPSA) is 120 Å². The molecule has 0 atom stereocenters. The van der Waals surface area contributed by atoms with Gasteiger partial charge >= 0.3 is 5.97 Å². The van der Waals surface area contributed by atoms with E-state index in [0.29, 0.717) is 11.4 Å². The average molecular weight is 362 g/mol. The molecule has 8 heteroatoms. The lowest BCUT2D eigenvalue weighted by molar-refractivity contribution is 0.0695. The highest BCUT2D eigenvalue weighted by atomic mass is 16.4. The Kier molecular flexibility index (Phi) is 5.17. The summed E-state index contributed by atoms with van der Waals surface area (Å²) in [6.45, 7) is 0. The van der Waals surface area contributed by atoms with Crippen molar-refractivity contribution in [1.82, 2.24) is 0 Å². The number of para-hydroxylation sites is 2. The summed E-state index contributed by atoms with van der Waals surface area (Å²) >= 11 is 0. The first-order chi connectivity index (χ1) is 13.1. The van der Waals surface area contributed by atoms with Crippen molar-refractivity contribution in [1.29, 1.82) is 0 Å². The second-order valence-electron chi connectivity index (χ2n) is 5.43. The minimum absolute atomic E-state index is 0.403. The van der Waals surface area contributed by atoms with Crippen molar-refractivity contribution in [2.24, 2.45) is 10.2 Å². The zero-order chi connectivity index (χ0) is 19.2. The number of carboxylic acids is 1. The van der Waals surface area contributed by atoms with Crippen molar-refractivity contribution in [3.63, 3.8) is 0 Å². The van der Waals surface area contributed by atoms with Crippen LogP contribution in [0.2, 0.25) is 0 Å². The molecule has 3 aromatic rings. The number of carboxylic acid groups (broad SMARTS) is 1. The largest absolute Gasteiger partial charge is 0.478 e. The van der Waals surface area contributed by atoms with E-state index in [-0.39, 0.29) is 0 Å². The van der Waals surface area contributed by atoms with E-state index < -0.39 is 33.1 Å². The normalized spacial score (nSPS) is 12.0. The van der Waals surface area contributed by atoms with Gasteiger partial charge in [-0.2, -0.15) is 10.2 Å². The third-order valence-electron chi connectivity index (χ3n) is 3.57. The van der Waals surface area contributed by atoms with Gasteiger partial charge in [0, 0.05) is 6.07 Å². The van der Waals surface area contributed by atoms with Crippen molar-refractivity contribution in [3.8, 4) is 0 Å². The molecule has 8 nitrogen and oxygen atoms in total. The van der Waals surface area contributed by atoms with Gasteiger partial charge in [-0.05, 0) is 24.3 Å². The standard InChI is InChI=1S/C19H14N4O4/c24-15-11-14(19(26)27)16(22-20-12-7-3-1-4-8-12)18(25)17(15)23-21-13-9-5-2-6-10-13/h1-11,20-21H,(H,26,27)/b22-16-,23-17+. The summed E-state index contributed by atoms with van der Waals surface area (Å²) in [5.41, 5.74) is 4.17. The predicted octanol–water partition coefficient (Wildman–Crippen LogP) is 0.836. The van der Waals surface area contributed by atoms with Crippen LogP contribution in [0.3, 0.4) is 0 Å². The lowest BCUT2D eigenvalue weighted by Gasteiger charge is -2.00. The summed E-state index contributed by atoms with van der Waals surface area (Å²) in [5, 5.41) is 16.2. The number of carbonyl (C=O) groups is 1. The first-order valence-electron chi connectivity index (χ1n) is 7.88. The summed E-state index contributed by atoms with van der Waals surface area (Å²) < 4.78 is 0. The molecule has 3 aromatic carbocycles. The van der Waals surface area contributed by atoms with Crippen LogP contribution in [0.1, 0.15) is 10.4 Å². The van der Waals surface area contributed by atoms with Crippen molar-refractivity contribution < 1.29 is 9.90 Å². The molecule has 134 valence electrons. The molecule has 0 saturated carbocycles. The van der Waals surface area contributed by atoms with Gasteiger partial charge in [-0.1, -0.05) is 36.4 Å². The minimum atomic E-state index is -1.43. The summed E-state index contributed by atoms with van der Waals surface area (Å²) in [5.74, 6) is -1.43. The quantitative estimate of drug-likeness (QED) is 0.579. The van der Waals surface area contributed by atoms with Gasteiger partial charge in [-0.3, -0.25) is 20.4 Å². The molecule has 0 bridgehead atoms. The van der Waals surface area contributed by atoms with Crippen LogP contribution in [0.4, 0.5) is 11.4 Å². The third-order valence-corrected chi connectivity index (χ3v) is 3.57. The SMILES string of the molecule is O=C(O)c1cc(=O)/c(=N\Nc2ccccc2)c(=O)/c1=N\Nc1ccccc1. The van der Waals surface area contributed by atoms with Crippen molar-refractivity contribution in [2.45, 2.75) is 0 Å². The summed E-state index contributed by atoms with van der Waals surface area (Å²) in [4.78, 5) is 36.2. The third kappa shape index (κ3) is 4.13. The van der Waals surface area contributed by atoms with Crippen LogP contribution < -0.4 is 32.4 Å². The number of rotatable bonds is 5. The van der Waals surface area contributed by atoms with Crippen LogP contribution in [0, 0.1) is 0 Å². The Morgan fingerprint density at radius 3 is 1.74 bits per heavy atom. The van der Waals surface area contributed by atoms with Gasteiger partial charge in [0.05, 0.1) is 16.9 Å². The van der Waals surface area contributed by atoms with Crippen LogP contribution in [-0.4, -0.2) is 11.1 Å². The van der Waals surface area contributed by atoms with Gasteiger partial charge in [0.15, 0.2) is 5.36 Å². The lowest BCUT2D eigenvalue weighted by atomic mass is 10.2. The Morgan fingerprint density at radius 2 is 1.26 bits per heavy atom. The fourth-order valence-electron chi connectivity index (χ4n) is 2.26. The van der Waals surface area contributed by atoms with Gasteiger partial charge < -0.3 is 5.11 Å². The highest BCUT2D eigenvalue weighted by Crippen LogP contribution is 2.04. The maximum Gasteiger partial charge on any atom is 0.338 e. The van der Waals surface area contributed by atoms with E-state index in [1.165, 1.54) is 0 Å². The molecular formula is C19H14N4O4. The van der Waals surface area contributed by atoms with Crippen molar-refractivity contribution in [3.05, 3.63) is 103 Å². The first kappa shape index (κ1) is 17.7. The van der Waals surface area contributed by atoms with Gasteiger partial charge in [-0.15, -0.1) is 0 Å². The van der Waals surface area contributed by atoms with E-state index in [9.17, 15) is 19.5 Å². The highest BCUT2D eigenvalue weighted by molar-refractivity contribution is 5.87. The van der Waals surface area contributed by atoms with Gasteiger partial charge in [0.1, 0.15) is 5.36 Å². The van der Waals surface area contributed by atoms with E-state index >= 15 is 0 Å². The van der Waals surface area contributed by atoms with Crippen LogP contribution in [0.5, 0.6) is 0 Å². The fourth-order valence-corrected chi connectivity index (χ4v) is 2.26. The Morgan fingerprint density at radius 1 is 0.778 bits per heavy atom. The van der Waals surface area contributed by atoms with Crippen LogP contribution >= 0.6 is 0 Å². The maximum atomic E-state index is 12.6. The maximum absolute atomic E-state index is 12.6. The van der Waals surface area contributed by atoms with Crippen molar-refractivity contribution >= 4 is 17.3 Å². The van der Waals surface area contributed by atoms with E-state index in [2.05, 4.69) is 21.1 Å². The lowest BCUT2D eigenvalue weighted by Crippen LogP contribution is -2.50. The summed E-state index contributed by atoms with van der Waals surface area (Å²) in [6.07, 6.45) is 0. The molecule has 27 heavy (non-hydrogen) atoms. The number of hydrogen-bond acceptors (Lipinski definition) is 7. The van der Waals surface area contributed by atoms with Gasteiger partial charge in [-0.25, -0.2) is 4.79 Å². The number of aromatic carboxylic acids is 1. The molecule has 0 radical (unpaired) electrons. The Hall–Kier alpha value is -4.07. The molecule has 0 aliphatic heterocycles. The first-order valence-corrected chi connectivity index (χ1v) is 7.88. The second-order valence-corrected chi connectivity index (χ2v) is 5.43. The molecule has 0 spiro atoms. The Bertz CT molecular complexity index is 1180. The monoisotopic (exact) mass is 362 g/mol. The van der Waals surface area contributed by atoms with E-state index in [4.69, 9.17) is 0 Å². The molecule has 0 amide bonds. The Balaban J connectivity index is 2.12. The van der Waals surface area contributed by atoms with Crippen LogP contribution in [0.15, 0.2) is 86.5 Å². The van der Waals surface area contributed by atoms with E-state index in [0.717, 1.165) is 6.07 Å². The van der Waals surface area contributed by atoms with Crippen LogP contribution in [-0.2, 0) is 0 Å². The van der Waals surface area contributed by atoms with E-state index in [1.54, 1.807) is 60.7 Å². The van der Waals surface area contributed by atoms with Gasteiger partial charge in [0.2, 0.25) is 10.9 Å². The number of anilines is 2. The summed E-state index contributed by atoms with van der Waals surface area (Å²) in [6, 6.07) is 18.2. The fraction of sp³-hybridized carbons (Fsp3) is 0. The number of benzene rings is 3. The van der Waals surface area contributed by atoms with Crippen LogP contribution in [0.25, 0.3) is 0 Å². The molecular weight excluding hydrogens is 348 g/mol. The molecule has 0 aliphatic carbocycles. The molecule has 3 rings (SSSR count). The minimum Gasteiger partial charge on any atom is -0.478 e. The zero-order valence-electron chi connectivity index (χ0n) is 13.9. The average Bonchev–Trinajstić information content (AvgIpc) is 2.68. The molecule has 0 aromatic heterocycles. The molecule has 0 aliphatic rings. The smallest absolute Gasteiger partial charge is 0.338 e. The molecule has 0 fully saturated rings. The van der Waals surface area contributed by atoms with Gasteiger partial charge in [0.25, 0.3) is 0 Å². The molecule has 0 unspecified atom stereocenters. The number of nitrogens with one attached hydrogen (secondary N) is 2. The molecule has 0 saturated heterocycles. The summed E-state index contributed by atoms with van der Waals surface area (Å²) in [7, 11) is 0. The highest BCUT2D eigenvalue weighted by Gasteiger charge is 2.14. The zero-order valence-corrected chi connectivity index (χ0v) is 13.9. The molecule has 3 N–H and O–H groups in total. The van der Waals surface area contributed by atoms with E-state index in [1.807, 2.05) is 0 Å².